The highest BCUT2D eigenvalue weighted by Crippen LogP contribution is 2.19. The molecular formula is C27H29N5O3. The number of rotatable bonds is 6. The molecule has 8 heteroatoms. The van der Waals surface area contributed by atoms with E-state index in [0.717, 1.165) is 21.5 Å². The van der Waals surface area contributed by atoms with Crippen molar-refractivity contribution >= 4 is 12.1 Å². The number of aromatic nitrogens is 3. The first-order chi connectivity index (χ1) is 17.0. The van der Waals surface area contributed by atoms with Crippen molar-refractivity contribution in [3.8, 4) is 23.6 Å². The van der Waals surface area contributed by atoms with Crippen molar-refractivity contribution in [3.63, 3.8) is 0 Å². The summed E-state index contributed by atoms with van der Waals surface area (Å²) in [4.78, 5) is 30.6. The van der Waals surface area contributed by atoms with E-state index in [4.69, 9.17) is 11.2 Å². The number of terminal acetylenes is 1. The quantitative estimate of drug-likeness (QED) is 0.401. The number of aryl methyl sites for hydroxylation is 1. The Labute approximate surface area is 205 Å². The molecule has 1 atom stereocenters. The van der Waals surface area contributed by atoms with Crippen LogP contribution in [-0.4, -0.2) is 69.2 Å². The molecule has 180 valence electrons. The maximum atomic E-state index is 13.4. The van der Waals surface area contributed by atoms with Crippen LogP contribution < -0.4 is 0 Å². The van der Waals surface area contributed by atoms with Crippen LogP contribution >= 0.6 is 0 Å². The van der Waals surface area contributed by atoms with Crippen molar-refractivity contribution in [1.29, 1.82) is 0 Å². The monoisotopic (exact) mass is 471 g/mol. The fourth-order valence-corrected chi connectivity index (χ4v) is 4.09. The molecule has 1 unspecified atom stereocenters. The molecule has 0 N–H and O–H groups in total. The molecule has 0 bridgehead atoms. The zero-order valence-corrected chi connectivity index (χ0v) is 19.8. The van der Waals surface area contributed by atoms with Gasteiger partial charge in [0.2, 0.25) is 0 Å². The van der Waals surface area contributed by atoms with E-state index in [1.54, 1.807) is 16.0 Å². The third kappa shape index (κ3) is 6.07. The fraction of sp³-hybridized carbons (Fsp3) is 0.333. The number of hydrogen-bond donors (Lipinski definition) is 0. The van der Waals surface area contributed by atoms with Gasteiger partial charge in [-0.25, -0.2) is 9.59 Å². The molecule has 2 heterocycles. The van der Waals surface area contributed by atoms with E-state index in [-0.39, 0.29) is 24.8 Å². The highest BCUT2D eigenvalue weighted by Gasteiger charge is 2.34. The van der Waals surface area contributed by atoms with Crippen molar-refractivity contribution in [2.45, 2.75) is 32.2 Å². The maximum absolute atomic E-state index is 13.4. The Morgan fingerprint density at radius 3 is 2.63 bits per heavy atom. The average molecular weight is 472 g/mol. The van der Waals surface area contributed by atoms with E-state index in [1.807, 2.05) is 61.5 Å². The highest BCUT2D eigenvalue weighted by molar-refractivity contribution is 5.77. The molecular weight excluding hydrogens is 442 g/mol. The van der Waals surface area contributed by atoms with Gasteiger partial charge < -0.3 is 14.5 Å². The predicted molar refractivity (Wildman–Crippen MR) is 133 cm³/mol. The van der Waals surface area contributed by atoms with Gasteiger partial charge in [-0.1, -0.05) is 65.0 Å². The van der Waals surface area contributed by atoms with Crippen molar-refractivity contribution in [3.05, 3.63) is 71.9 Å². The summed E-state index contributed by atoms with van der Waals surface area (Å²) < 4.78 is 5.38. The number of carbonyl (C=O) groups excluding carboxylic acids is 2. The standard InChI is InChI=1S/C27H29N5O3/c1-3-4-8-17-35-27(34)30-15-16-31(24(20-30)18-22-9-6-5-7-10-22)26(33)32-28-19-25(29-32)23-13-11-21(2)12-14-23/h1,5-7,9-14,19,24H,4,8,15-18,20H2,2H3. The molecule has 1 aliphatic rings. The van der Waals surface area contributed by atoms with Gasteiger partial charge in [-0.15, -0.1) is 17.4 Å². The third-order valence-corrected chi connectivity index (χ3v) is 6.00. The Morgan fingerprint density at radius 2 is 1.89 bits per heavy atom. The lowest BCUT2D eigenvalue weighted by molar-refractivity contribution is 0.0606. The average Bonchev–Trinajstić information content (AvgIpc) is 3.37. The summed E-state index contributed by atoms with van der Waals surface area (Å²) in [6.45, 7) is 3.39. The van der Waals surface area contributed by atoms with Crippen LogP contribution in [0.3, 0.4) is 0 Å². The number of nitrogens with zero attached hydrogens (tertiary/aromatic N) is 5. The first kappa shape index (κ1) is 24.0. The van der Waals surface area contributed by atoms with Crippen LogP contribution in [0.25, 0.3) is 11.3 Å². The molecule has 0 radical (unpaired) electrons. The Kier molecular flexibility index (Phi) is 7.78. The van der Waals surface area contributed by atoms with Gasteiger partial charge in [-0.2, -0.15) is 5.10 Å². The number of unbranched alkanes of at least 4 members (excludes halogenated alkanes) is 1. The van der Waals surface area contributed by atoms with Gasteiger partial charge in [-0.05, 0) is 25.3 Å². The molecule has 8 nitrogen and oxygen atoms in total. The molecule has 2 amide bonds. The second kappa shape index (κ2) is 11.3. The topological polar surface area (TPSA) is 80.6 Å². The predicted octanol–water partition coefficient (Wildman–Crippen LogP) is 4.00. The molecule has 1 aliphatic heterocycles. The molecule has 0 saturated carbocycles. The highest BCUT2D eigenvalue weighted by atomic mass is 16.6. The minimum atomic E-state index is -0.383. The summed E-state index contributed by atoms with van der Waals surface area (Å²) in [5, 5.41) is 8.67. The van der Waals surface area contributed by atoms with Gasteiger partial charge in [-0.3, -0.25) is 0 Å². The minimum absolute atomic E-state index is 0.245. The molecule has 0 aliphatic carbocycles. The number of ether oxygens (including phenoxy) is 1. The van der Waals surface area contributed by atoms with Crippen LogP contribution in [0.1, 0.15) is 24.0 Å². The van der Waals surface area contributed by atoms with Crippen molar-refractivity contribution < 1.29 is 14.3 Å². The van der Waals surface area contributed by atoms with Crippen LogP contribution in [-0.2, 0) is 11.2 Å². The Morgan fingerprint density at radius 1 is 1.11 bits per heavy atom. The molecule has 1 fully saturated rings. The molecule has 0 spiro atoms. The van der Waals surface area contributed by atoms with Crippen LogP contribution in [0.15, 0.2) is 60.8 Å². The molecule has 3 aromatic rings. The van der Waals surface area contributed by atoms with Gasteiger partial charge in [0, 0.05) is 31.6 Å². The first-order valence-electron chi connectivity index (χ1n) is 11.7. The van der Waals surface area contributed by atoms with Gasteiger partial charge >= 0.3 is 12.1 Å². The number of amides is 2. The summed E-state index contributed by atoms with van der Waals surface area (Å²) in [6, 6.07) is 17.3. The van der Waals surface area contributed by atoms with Gasteiger partial charge in [0.1, 0.15) is 5.69 Å². The Balaban J connectivity index is 1.49. The number of carbonyl (C=O) groups is 2. The van der Waals surface area contributed by atoms with Crippen LogP contribution in [0, 0.1) is 19.3 Å². The zero-order chi connectivity index (χ0) is 24.6. The zero-order valence-electron chi connectivity index (χ0n) is 19.8. The van der Waals surface area contributed by atoms with Gasteiger partial charge in [0.25, 0.3) is 0 Å². The lowest BCUT2D eigenvalue weighted by Crippen LogP contribution is -2.58. The second-order valence-electron chi connectivity index (χ2n) is 8.57. The smallest absolute Gasteiger partial charge is 0.409 e. The van der Waals surface area contributed by atoms with E-state index in [2.05, 4.69) is 16.1 Å². The molecule has 4 rings (SSSR count). The maximum Gasteiger partial charge on any atom is 0.409 e. The minimum Gasteiger partial charge on any atom is -0.449 e. The Hall–Kier alpha value is -4.12. The van der Waals surface area contributed by atoms with Gasteiger partial charge in [0.05, 0.1) is 18.8 Å². The number of piperazine rings is 1. The van der Waals surface area contributed by atoms with Crippen molar-refractivity contribution in [2.24, 2.45) is 0 Å². The summed E-state index contributed by atoms with van der Waals surface area (Å²) in [5.74, 6) is 2.54. The SMILES string of the molecule is C#CCCCOC(=O)N1CCN(C(=O)n2ncc(-c3ccc(C)cc3)n2)C(Cc2ccccc2)C1. The van der Waals surface area contributed by atoms with Crippen molar-refractivity contribution in [1.82, 2.24) is 24.8 Å². The molecule has 2 aromatic carbocycles. The second-order valence-corrected chi connectivity index (χ2v) is 8.57. The number of benzene rings is 2. The van der Waals surface area contributed by atoms with Gasteiger partial charge in [0.15, 0.2) is 0 Å². The Bertz CT molecular complexity index is 1180. The molecule has 1 aromatic heterocycles. The van der Waals surface area contributed by atoms with E-state index >= 15 is 0 Å². The summed E-state index contributed by atoms with van der Waals surface area (Å²) >= 11 is 0. The summed E-state index contributed by atoms with van der Waals surface area (Å²) in [7, 11) is 0. The van der Waals surface area contributed by atoms with Crippen LogP contribution in [0.2, 0.25) is 0 Å². The summed E-state index contributed by atoms with van der Waals surface area (Å²) in [5.41, 5.74) is 3.75. The molecule has 35 heavy (non-hydrogen) atoms. The van der Waals surface area contributed by atoms with Crippen LogP contribution in [0.5, 0.6) is 0 Å². The fourth-order valence-electron chi connectivity index (χ4n) is 4.09. The van der Waals surface area contributed by atoms with E-state index in [1.165, 1.54) is 0 Å². The third-order valence-electron chi connectivity index (χ3n) is 6.00. The number of hydrogen-bond acceptors (Lipinski definition) is 5. The largest absolute Gasteiger partial charge is 0.449 e. The van der Waals surface area contributed by atoms with Crippen LogP contribution in [0.4, 0.5) is 9.59 Å². The van der Waals surface area contributed by atoms with E-state index < -0.39 is 0 Å². The van der Waals surface area contributed by atoms with E-state index in [0.29, 0.717) is 44.6 Å². The molecule has 1 saturated heterocycles. The first-order valence-corrected chi connectivity index (χ1v) is 11.7. The van der Waals surface area contributed by atoms with Crippen molar-refractivity contribution in [2.75, 3.05) is 26.2 Å². The lowest BCUT2D eigenvalue weighted by atomic mass is 10.0. The lowest BCUT2D eigenvalue weighted by Gasteiger charge is -2.40. The van der Waals surface area contributed by atoms with E-state index in [9.17, 15) is 9.59 Å². The normalized spacial score (nSPS) is 15.5. The summed E-state index contributed by atoms with van der Waals surface area (Å²) in [6.07, 6.45) is 8.26.